The van der Waals surface area contributed by atoms with Crippen LogP contribution in [0, 0.1) is 6.92 Å². The van der Waals surface area contributed by atoms with Gasteiger partial charge in [0.2, 0.25) is 0 Å². The fraction of sp³-hybridized carbons (Fsp3) is 0.389. The van der Waals surface area contributed by atoms with Gasteiger partial charge >= 0.3 is 0 Å². The Labute approximate surface area is 146 Å². The van der Waals surface area contributed by atoms with E-state index < -0.39 is 0 Å². The molecule has 2 aromatic rings. The second-order valence-corrected chi connectivity index (χ2v) is 5.84. The lowest BCUT2D eigenvalue weighted by molar-refractivity contribution is 0.0706. The SMILES string of the molecule is CC=Cc1cc(C(=O)N2CCn3c(C)nnc3C2)cc(OC)c1OC. The molecule has 0 atom stereocenters. The van der Waals surface area contributed by atoms with E-state index in [1.54, 1.807) is 25.2 Å². The Morgan fingerprint density at radius 1 is 1.20 bits per heavy atom. The molecule has 132 valence electrons. The molecule has 25 heavy (non-hydrogen) atoms. The summed E-state index contributed by atoms with van der Waals surface area (Å²) in [4.78, 5) is 14.8. The molecule has 0 bridgehead atoms. The first-order chi connectivity index (χ1) is 12.1. The van der Waals surface area contributed by atoms with Gasteiger partial charge in [-0.2, -0.15) is 0 Å². The Kier molecular flexibility index (Phi) is 4.74. The monoisotopic (exact) mass is 342 g/mol. The first-order valence-electron chi connectivity index (χ1n) is 8.15. The number of aromatic nitrogens is 3. The lowest BCUT2D eigenvalue weighted by atomic mass is 10.1. The van der Waals surface area contributed by atoms with Crippen molar-refractivity contribution in [2.45, 2.75) is 26.9 Å². The highest BCUT2D eigenvalue weighted by atomic mass is 16.5. The number of allylic oxidation sites excluding steroid dienone is 1. The maximum absolute atomic E-state index is 13.0. The molecular weight excluding hydrogens is 320 g/mol. The average Bonchev–Trinajstić information content (AvgIpc) is 3.01. The Hall–Kier alpha value is -2.83. The van der Waals surface area contributed by atoms with Crippen LogP contribution in [-0.4, -0.2) is 46.3 Å². The summed E-state index contributed by atoms with van der Waals surface area (Å²) >= 11 is 0. The largest absolute Gasteiger partial charge is 0.493 e. The number of amides is 1. The fourth-order valence-electron chi connectivity index (χ4n) is 3.08. The standard InChI is InChI=1S/C18H22N4O3/c1-5-6-13-9-14(10-15(24-3)17(13)25-4)18(23)21-7-8-22-12(2)19-20-16(22)11-21/h5-6,9-10H,7-8,11H2,1-4H3. The van der Waals surface area contributed by atoms with Gasteiger partial charge in [-0.1, -0.05) is 12.2 Å². The van der Waals surface area contributed by atoms with Crippen molar-refractivity contribution in [1.29, 1.82) is 0 Å². The predicted molar refractivity (Wildman–Crippen MR) is 93.8 cm³/mol. The Bertz CT molecular complexity index is 826. The minimum absolute atomic E-state index is 0.0568. The summed E-state index contributed by atoms with van der Waals surface area (Å²) in [6.07, 6.45) is 3.80. The maximum Gasteiger partial charge on any atom is 0.254 e. The third-order valence-electron chi connectivity index (χ3n) is 4.33. The maximum atomic E-state index is 13.0. The zero-order chi connectivity index (χ0) is 18.0. The summed E-state index contributed by atoms with van der Waals surface area (Å²) in [5, 5.41) is 8.24. The van der Waals surface area contributed by atoms with E-state index in [0.29, 0.717) is 36.7 Å². The zero-order valence-electron chi connectivity index (χ0n) is 14.9. The van der Waals surface area contributed by atoms with Crippen molar-refractivity contribution < 1.29 is 14.3 Å². The van der Waals surface area contributed by atoms with E-state index in [9.17, 15) is 4.79 Å². The average molecular weight is 342 g/mol. The van der Waals surface area contributed by atoms with Gasteiger partial charge in [-0.05, 0) is 26.0 Å². The van der Waals surface area contributed by atoms with Crippen molar-refractivity contribution in [2.75, 3.05) is 20.8 Å². The first-order valence-corrected chi connectivity index (χ1v) is 8.15. The second-order valence-electron chi connectivity index (χ2n) is 5.84. The van der Waals surface area contributed by atoms with Gasteiger partial charge in [0.25, 0.3) is 5.91 Å². The van der Waals surface area contributed by atoms with E-state index in [0.717, 1.165) is 17.2 Å². The van der Waals surface area contributed by atoms with Crippen LogP contribution in [0.3, 0.4) is 0 Å². The van der Waals surface area contributed by atoms with E-state index >= 15 is 0 Å². The van der Waals surface area contributed by atoms with Gasteiger partial charge in [0.1, 0.15) is 5.82 Å². The van der Waals surface area contributed by atoms with Gasteiger partial charge in [-0.25, -0.2) is 0 Å². The molecule has 0 N–H and O–H groups in total. The number of fused-ring (bicyclic) bond motifs is 1. The van der Waals surface area contributed by atoms with Gasteiger partial charge < -0.3 is 18.9 Å². The number of aryl methyl sites for hydroxylation is 1. The van der Waals surface area contributed by atoms with Gasteiger partial charge in [0, 0.05) is 24.2 Å². The normalized spacial score (nSPS) is 13.8. The number of nitrogens with zero attached hydrogens (tertiary/aromatic N) is 4. The van der Waals surface area contributed by atoms with Crippen LogP contribution >= 0.6 is 0 Å². The van der Waals surface area contributed by atoms with Crippen molar-refractivity contribution in [1.82, 2.24) is 19.7 Å². The van der Waals surface area contributed by atoms with Crippen LogP contribution in [0.25, 0.3) is 6.08 Å². The molecule has 0 saturated carbocycles. The number of benzene rings is 1. The van der Waals surface area contributed by atoms with Crippen LogP contribution < -0.4 is 9.47 Å². The van der Waals surface area contributed by atoms with Crippen molar-refractivity contribution >= 4 is 12.0 Å². The molecule has 0 unspecified atom stereocenters. The molecule has 0 saturated heterocycles. The summed E-state index contributed by atoms with van der Waals surface area (Å²) in [6, 6.07) is 3.55. The summed E-state index contributed by atoms with van der Waals surface area (Å²) in [5.41, 5.74) is 1.37. The number of rotatable bonds is 4. The van der Waals surface area contributed by atoms with Gasteiger partial charge in [0.15, 0.2) is 17.3 Å². The van der Waals surface area contributed by atoms with Crippen molar-refractivity contribution in [3.05, 3.63) is 41.0 Å². The summed E-state index contributed by atoms with van der Waals surface area (Å²) in [7, 11) is 3.16. The Balaban J connectivity index is 1.93. The molecule has 3 rings (SSSR count). The topological polar surface area (TPSA) is 69.5 Å². The first kappa shape index (κ1) is 17.0. The van der Waals surface area contributed by atoms with E-state index in [1.807, 2.05) is 36.6 Å². The molecule has 7 heteroatoms. The molecule has 1 aliphatic heterocycles. The number of carbonyl (C=O) groups excluding carboxylic acids is 1. The molecule has 1 aliphatic rings. The molecule has 2 heterocycles. The lowest BCUT2D eigenvalue weighted by Crippen LogP contribution is -2.38. The molecule has 0 spiro atoms. The van der Waals surface area contributed by atoms with Gasteiger partial charge in [-0.3, -0.25) is 4.79 Å². The van der Waals surface area contributed by atoms with Crippen LogP contribution in [0.15, 0.2) is 18.2 Å². The third-order valence-corrected chi connectivity index (χ3v) is 4.33. The molecule has 0 fully saturated rings. The number of methoxy groups -OCH3 is 2. The Morgan fingerprint density at radius 3 is 2.68 bits per heavy atom. The highest BCUT2D eigenvalue weighted by Crippen LogP contribution is 2.34. The van der Waals surface area contributed by atoms with Gasteiger partial charge in [0.05, 0.1) is 20.8 Å². The van der Waals surface area contributed by atoms with Crippen LogP contribution in [-0.2, 0) is 13.1 Å². The van der Waals surface area contributed by atoms with Crippen molar-refractivity contribution in [2.24, 2.45) is 0 Å². The minimum atomic E-state index is -0.0568. The van der Waals surface area contributed by atoms with E-state index in [1.165, 1.54) is 0 Å². The molecule has 1 aromatic heterocycles. The van der Waals surface area contributed by atoms with Crippen LogP contribution in [0.5, 0.6) is 11.5 Å². The second kappa shape index (κ2) is 6.96. The summed E-state index contributed by atoms with van der Waals surface area (Å²) < 4.78 is 12.9. The van der Waals surface area contributed by atoms with E-state index in [4.69, 9.17) is 9.47 Å². The summed E-state index contributed by atoms with van der Waals surface area (Å²) in [6.45, 7) is 5.62. The van der Waals surface area contributed by atoms with Crippen LogP contribution in [0.1, 0.15) is 34.5 Å². The molecule has 7 nitrogen and oxygen atoms in total. The number of hydrogen-bond acceptors (Lipinski definition) is 5. The molecule has 0 radical (unpaired) electrons. The molecule has 1 aromatic carbocycles. The third kappa shape index (κ3) is 3.09. The van der Waals surface area contributed by atoms with Crippen LogP contribution in [0.4, 0.5) is 0 Å². The van der Waals surface area contributed by atoms with E-state index in [2.05, 4.69) is 10.2 Å². The number of hydrogen-bond donors (Lipinski definition) is 0. The van der Waals surface area contributed by atoms with Crippen LogP contribution in [0.2, 0.25) is 0 Å². The summed E-state index contributed by atoms with van der Waals surface area (Å²) in [5.74, 6) is 2.79. The number of carbonyl (C=O) groups is 1. The zero-order valence-corrected chi connectivity index (χ0v) is 14.9. The Morgan fingerprint density at radius 2 is 2.00 bits per heavy atom. The molecule has 0 aliphatic carbocycles. The quantitative estimate of drug-likeness (QED) is 0.853. The lowest BCUT2D eigenvalue weighted by Gasteiger charge is -2.28. The minimum Gasteiger partial charge on any atom is -0.493 e. The van der Waals surface area contributed by atoms with Crippen molar-refractivity contribution in [3.8, 4) is 11.5 Å². The highest BCUT2D eigenvalue weighted by molar-refractivity contribution is 5.96. The fourth-order valence-corrected chi connectivity index (χ4v) is 3.08. The smallest absolute Gasteiger partial charge is 0.254 e. The predicted octanol–water partition coefficient (Wildman–Crippen LogP) is 2.29. The molecular formula is C18H22N4O3. The van der Waals surface area contributed by atoms with Gasteiger partial charge in [-0.15, -0.1) is 10.2 Å². The molecule has 1 amide bonds. The van der Waals surface area contributed by atoms with Crippen molar-refractivity contribution in [3.63, 3.8) is 0 Å². The van der Waals surface area contributed by atoms with E-state index in [-0.39, 0.29) is 5.91 Å². The highest BCUT2D eigenvalue weighted by Gasteiger charge is 2.25. The number of ether oxygens (including phenoxy) is 2.